The van der Waals surface area contributed by atoms with E-state index in [-0.39, 0.29) is 24.9 Å². The molecule has 1 aliphatic heterocycles. The molecular weight excluding hydrogens is 386 g/mol. The number of likely N-dealkylation sites (N-methyl/N-ethyl adjacent to an activating group) is 1. The second kappa shape index (κ2) is 7.84. The van der Waals surface area contributed by atoms with E-state index in [1.165, 1.54) is 0 Å². The van der Waals surface area contributed by atoms with Crippen LogP contribution in [-0.4, -0.2) is 54.8 Å². The summed E-state index contributed by atoms with van der Waals surface area (Å²) in [5, 5.41) is 2.75. The lowest BCUT2D eigenvalue weighted by Gasteiger charge is -2.27. The fourth-order valence-electron chi connectivity index (χ4n) is 2.69. The molecule has 7 heteroatoms. The maximum atomic E-state index is 12.3. The number of benzene rings is 1. The molecule has 0 aliphatic carbocycles. The van der Waals surface area contributed by atoms with E-state index in [4.69, 9.17) is 4.42 Å². The average Bonchev–Trinajstić information content (AvgIpc) is 3.04. The van der Waals surface area contributed by atoms with Crippen molar-refractivity contribution in [2.24, 2.45) is 0 Å². The first-order valence-corrected chi connectivity index (χ1v) is 8.88. The summed E-state index contributed by atoms with van der Waals surface area (Å²) < 4.78 is 6.86. The van der Waals surface area contributed by atoms with E-state index in [1.807, 2.05) is 41.3 Å². The summed E-state index contributed by atoms with van der Waals surface area (Å²) in [6.45, 7) is 2.19. The number of rotatable bonds is 5. The predicted molar refractivity (Wildman–Crippen MR) is 97.8 cm³/mol. The third kappa shape index (κ3) is 4.70. The third-order valence-electron chi connectivity index (χ3n) is 4.09. The Balaban J connectivity index is 1.57. The Bertz CT molecular complexity index is 757. The molecule has 0 spiro atoms. The highest BCUT2D eigenvalue weighted by Gasteiger charge is 2.21. The van der Waals surface area contributed by atoms with Crippen molar-refractivity contribution >= 4 is 27.7 Å². The standard InChI is InChI=1S/C18H20BrN3O3/c1-21(18(24)12-22-9-8-20-17(23)11-22)10-15-6-7-16(25-15)13-2-4-14(19)5-3-13/h2-7H,8-12H2,1H3,(H,20,23). The highest BCUT2D eigenvalue weighted by molar-refractivity contribution is 9.10. The minimum atomic E-state index is -0.0353. The Morgan fingerprint density at radius 3 is 2.76 bits per heavy atom. The fourth-order valence-corrected chi connectivity index (χ4v) is 2.96. The SMILES string of the molecule is CN(Cc1ccc(-c2ccc(Br)cc2)o1)C(=O)CN1CCNC(=O)C1. The van der Waals surface area contributed by atoms with Crippen LogP contribution in [0.3, 0.4) is 0 Å². The molecule has 2 heterocycles. The number of furan rings is 1. The van der Waals surface area contributed by atoms with Gasteiger partial charge < -0.3 is 14.6 Å². The van der Waals surface area contributed by atoms with Crippen LogP contribution < -0.4 is 5.32 Å². The molecule has 0 unspecified atom stereocenters. The minimum absolute atomic E-state index is 0.0312. The molecule has 1 aliphatic rings. The highest BCUT2D eigenvalue weighted by atomic mass is 79.9. The Labute approximate surface area is 154 Å². The molecule has 132 valence electrons. The van der Waals surface area contributed by atoms with Crippen molar-refractivity contribution in [2.75, 3.05) is 33.2 Å². The molecule has 2 aromatic rings. The van der Waals surface area contributed by atoms with E-state index in [0.29, 0.717) is 19.6 Å². The number of halogens is 1. The molecule has 2 amide bonds. The summed E-state index contributed by atoms with van der Waals surface area (Å²) >= 11 is 3.41. The molecule has 25 heavy (non-hydrogen) atoms. The van der Waals surface area contributed by atoms with Gasteiger partial charge in [0.25, 0.3) is 0 Å². The van der Waals surface area contributed by atoms with Gasteiger partial charge in [0.1, 0.15) is 11.5 Å². The number of hydrogen-bond donors (Lipinski definition) is 1. The first-order chi connectivity index (χ1) is 12.0. The molecule has 6 nitrogen and oxygen atoms in total. The van der Waals surface area contributed by atoms with Crippen LogP contribution in [0.5, 0.6) is 0 Å². The monoisotopic (exact) mass is 405 g/mol. The summed E-state index contributed by atoms with van der Waals surface area (Å²) in [6.07, 6.45) is 0. The van der Waals surface area contributed by atoms with Crippen LogP contribution in [-0.2, 0) is 16.1 Å². The third-order valence-corrected chi connectivity index (χ3v) is 4.61. The molecule has 1 fully saturated rings. The van der Waals surface area contributed by atoms with E-state index in [2.05, 4.69) is 21.2 Å². The number of amides is 2. The van der Waals surface area contributed by atoms with E-state index < -0.39 is 0 Å². The van der Waals surface area contributed by atoms with Gasteiger partial charge in [-0.25, -0.2) is 0 Å². The minimum Gasteiger partial charge on any atom is -0.459 e. The van der Waals surface area contributed by atoms with Gasteiger partial charge in [-0.1, -0.05) is 28.1 Å². The number of nitrogens with zero attached hydrogens (tertiary/aromatic N) is 2. The molecule has 1 aromatic heterocycles. The van der Waals surface area contributed by atoms with Crippen molar-refractivity contribution in [2.45, 2.75) is 6.54 Å². The van der Waals surface area contributed by atoms with Crippen LogP contribution in [0.2, 0.25) is 0 Å². The zero-order valence-corrected chi connectivity index (χ0v) is 15.6. The topological polar surface area (TPSA) is 65.8 Å². The lowest BCUT2D eigenvalue weighted by Crippen LogP contribution is -2.50. The number of carbonyl (C=O) groups excluding carboxylic acids is 2. The number of carbonyl (C=O) groups is 2. The van der Waals surface area contributed by atoms with Crippen molar-refractivity contribution in [1.82, 2.24) is 15.1 Å². The maximum absolute atomic E-state index is 12.3. The molecule has 0 radical (unpaired) electrons. The summed E-state index contributed by atoms with van der Waals surface area (Å²) in [7, 11) is 1.74. The fraction of sp³-hybridized carbons (Fsp3) is 0.333. The van der Waals surface area contributed by atoms with Crippen LogP contribution in [0, 0.1) is 0 Å². The van der Waals surface area contributed by atoms with E-state index in [1.54, 1.807) is 11.9 Å². The van der Waals surface area contributed by atoms with E-state index in [0.717, 1.165) is 21.6 Å². The molecule has 0 bridgehead atoms. The Kier molecular flexibility index (Phi) is 5.55. The van der Waals surface area contributed by atoms with Crippen molar-refractivity contribution < 1.29 is 14.0 Å². The van der Waals surface area contributed by atoms with Crippen molar-refractivity contribution in [3.63, 3.8) is 0 Å². The summed E-state index contributed by atoms with van der Waals surface area (Å²) in [5.41, 5.74) is 0.989. The van der Waals surface area contributed by atoms with Gasteiger partial charge in [-0.05, 0) is 24.3 Å². The van der Waals surface area contributed by atoms with Gasteiger partial charge in [0.05, 0.1) is 19.6 Å². The lowest BCUT2D eigenvalue weighted by atomic mass is 10.2. The molecular formula is C18H20BrN3O3. The first-order valence-electron chi connectivity index (χ1n) is 8.09. The van der Waals surface area contributed by atoms with E-state index >= 15 is 0 Å². The molecule has 0 saturated carbocycles. The van der Waals surface area contributed by atoms with Gasteiger partial charge in [-0.3, -0.25) is 14.5 Å². The Morgan fingerprint density at radius 1 is 1.28 bits per heavy atom. The smallest absolute Gasteiger partial charge is 0.236 e. The molecule has 0 atom stereocenters. The number of piperazine rings is 1. The number of hydrogen-bond acceptors (Lipinski definition) is 4. The van der Waals surface area contributed by atoms with Gasteiger partial charge >= 0.3 is 0 Å². The van der Waals surface area contributed by atoms with Crippen LogP contribution in [0.25, 0.3) is 11.3 Å². The van der Waals surface area contributed by atoms with E-state index in [9.17, 15) is 9.59 Å². The van der Waals surface area contributed by atoms with Crippen LogP contribution in [0.15, 0.2) is 45.3 Å². The van der Waals surface area contributed by atoms with Crippen LogP contribution in [0.4, 0.5) is 0 Å². The van der Waals surface area contributed by atoms with Gasteiger partial charge in [0, 0.05) is 30.2 Å². The quantitative estimate of drug-likeness (QED) is 0.826. The van der Waals surface area contributed by atoms with Crippen LogP contribution in [0.1, 0.15) is 5.76 Å². The second-order valence-corrected chi connectivity index (χ2v) is 7.00. The lowest BCUT2D eigenvalue weighted by molar-refractivity contribution is -0.133. The van der Waals surface area contributed by atoms with Crippen molar-refractivity contribution in [3.05, 3.63) is 46.6 Å². The molecule has 1 N–H and O–H groups in total. The summed E-state index contributed by atoms with van der Waals surface area (Å²) in [6, 6.07) is 11.7. The zero-order valence-electron chi connectivity index (χ0n) is 14.0. The summed E-state index contributed by atoms with van der Waals surface area (Å²) in [4.78, 5) is 27.2. The largest absolute Gasteiger partial charge is 0.459 e. The van der Waals surface area contributed by atoms with Gasteiger partial charge in [0.15, 0.2) is 0 Å². The van der Waals surface area contributed by atoms with Crippen LogP contribution >= 0.6 is 15.9 Å². The summed E-state index contributed by atoms with van der Waals surface area (Å²) in [5.74, 6) is 1.43. The van der Waals surface area contributed by atoms with Gasteiger partial charge in [-0.15, -0.1) is 0 Å². The van der Waals surface area contributed by atoms with Crippen molar-refractivity contribution in [1.29, 1.82) is 0 Å². The maximum Gasteiger partial charge on any atom is 0.236 e. The molecule has 1 saturated heterocycles. The van der Waals surface area contributed by atoms with Gasteiger partial charge in [-0.2, -0.15) is 0 Å². The van der Waals surface area contributed by atoms with Gasteiger partial charge in [0.2, 0.25) is 11.8 Å². The second-order valence-electron chi connectivity index (χ2n) is 6.08. The first kappa shape index (κ1) is 17.7. The predicted octanol–water partition coefficient (Wildman–Crippen LogP) is 2.10. The normalized spacial score (nSPS) is 15.0. The molecule has 3 rings (SSSR count). The highest BCUT2D eigenvalue weighted by Crippen LogP contribution is 2.24. The zero-order chi connectivity index (χ0) is 17.8. The van der Waals surface area contributed by atoms with Crippen molar-refractivity contribution in [3.8, 4) is 11.3 Å². The Morgan fingerprint density at radius 2 is 2.04 bits per heavy atom. The Hall–Kier alpha value is -2.12. The number of nitrogens with one attached hydrogen (secondary N) is 1. The molecule has 1 aromatic carbocycles. The average molecular weight is 406 g/mol.